The molecule has 2 rings (SSSR count). The molecule has 0 N–H and O–H groups in total. The number of rotatable bonds is 2. The van der Waals surface area contributed by atoms with Crippen LogP contribution in [0.3, 0.4) is 0 Å². The summed E-state index contributed by atoms with van der Waals surface area (Å²) in [6.07, 6.45) is 0. The molecule has 0 bridgehead atoms. The maximum Gasteiger partial charge on any atom is 0.220 e. The van der Waals surface area contributed by atoms with Crippen molar-refractivity contribution in [1.82, 2.24) is 4.98 Å². The highest BCUT2D eigenvalue weighted by atomic mass is 79.9. The lowest BCUT2D eigenvalue weighted by Crippen LogP contribution is -1.91. The number of pyridine rings is 1. The Morgan fingerprint density at radius 2 is 2.06 bits per heavy atom. The molecule has 1 aromatic heterocycles. The molecule has 82 valence electrons. The first-order valence-electron chi connectivity index (χ1n) is 4.72. The van der Waals surface area contributed by atoms with Crippen LogP contribution in [0.2, 0.25) is 0 Å². The van der Waals surface area contributed by atoms with Gasteiger partial charge in [-0.3, -0.25) is 0 Å². The van der Waals surface area contributed by atoms with E-state index in [2.05, 4.69) is 20.9 Å². The molecule has 0 saturated carbocycles. The van der Waals surface area contributed by atoms with Crippen molar-refractivity contribution in [2.75, 3.05) is 0 Å². The van der Waals surface area contributed by atoms with Crippen molar-refractivity contribution in [1.29, 1.82) is 0 Å². The van der Waals surface area contributed by atoms with Gasteiger partial charge in [0.1, 0.15) is 4.60 Å². The summed E-state index contributed by atoms with van der Waals surface area (Å²) < 4.78 is 19.4. The molecule has 0 fully saturated rings. The second kappa shape index (κ2) is 4.61. The Hall–Kier alpha value is -1.42. The SMILES string of the molecule is Cc1ccc(F)c(Oc2cccc(Br)n2)c1. The summed E-state index contributed by atoms with van der Waals surface area (Å²) >= 11 is 3.22. The fourth-order valence-corrected chi connectivity index (χ4v) is 1.58. The van der Waals surface area contributed by atoms with Gasteiger partial charge in [0.15, 0.2) is 11.6 Å². The number of aromatic nitrogens is 1. The van der Waals surface area contributed by atoms with E-state index in [4.69, 9.17) is 4.74 Å². The second-order valence-electron chi connectivity index (χ2n) is 3.33. The fourth-order valence-electron chi connectivity index (χ4n) is 1.25. The third-order valence-electron chi connectivity index (χ3n) is 1.99. The van der Waals surface area contributed by atoms with E-state index in [1.54, 1.807) is 30.3 Å². The predicted molar refractivity (Wildman–Crippen MR) is 63.1 cm³/mol. The van der Waals surface area contributed by atoms with Crippen LogP contribution in [-0.2, 0) is 0 Å². The standard InChI is InChI=1S/C12H9BrFNO/c1-8-5-6-9(14)10(7-8)16-12-4-2-3-11(13)15-12/h2-7H,1H3. The summed E-state index contributed by atoms with van der Waals surface area (Å²) in [4.78, 5) is 4.07. The average molecular weight is 282 g/mol. The van der Waals surface area contributed by atoms with Crippen LogP contribution in [-0.4, -0.2) is 4.98 Å². The first kappa shape index (κ1) is 11.1. The molecule has 2 aromatic rings. The van der Waals surface area contributed by atoms with Crippen LogP contribution in [0.1, 0.15) is 5.56 Å². The highest BCUT2D eigenvalue weighted by molar-refractivity contribution is 9.10. The van der Waals surface area contributed by atoms with E-state index in [0.29, 0.717) is 10.5 Å². The quantitative estimate of drug-likeness (QED) is 0.774. The van der Waals surface area contributed by atoms with Crippen LogP contribution in [0, 0.1) is 12.7 Å². The summed E-state index contributed by atoms with van der Waals surface area (Å²) in [5.74, 6) is 0.150. The average Bonchev–Trinajstić information content (AvgIpc) is 2.24. The summed E-state index contributed by atoms with van der Waals surface area (Å²) in [7, 11) is 0. The van der Waals surface area contributed by atoms with Crippen molar-refractivity contribution in [3.8, 4) is 11.6 Å². The molecular formula is C12H9BrFNO. The highest BCUT2D eigenvalue weighted by Crippen LogP contribution is 2.24. The van der Waals surface area contributed by atoms with Gasteiger partial charge in [0.05, 0.1) is 0 Å². The molecule has 0 saturated heterocycles. The van der Waals surface area contributed by atoms with Gasteiger partial charge in [-0.15, -0.1) is 0 Å². The molecule has 2 nitrogen and oxygen atoms in total. The Bertz CT molecular complexity index is 516. The van der Waals surface area contributed by atoms with Gasteiger partial charge in [-0.25, -0.2) is 9.37 Å². The van der Waals surface area contributed by atoms with E-state index in [9.17, 15) is 4.39 Å². The van der Waals surface area contributed by atoms with Crippen molar-refractivity contribution in [3.05, 3.63) is 52.4 Å². The Labute approximate surface area is 101 Å². The van der Waals surface area contributed by atoms with Crippen LogP contribution in [0.4, 0.5) is 4.39 Å². The molecule has 1 aromatic carbocycles. The molecule has 0 unspecified atom stereocenters. The normalized spacial score (nSPS) is 10.2. The summed E-state index contributed by atoms with van der Waals surface area (Å²) in [6.45, 7) is 1.88. The van der Waals surface area contributed by atoms with Gasteiger partial charge in [-0.05, 0) is 46.6 Å². The number of halogens is 2. The van der Waals surface area contributed by atoms with Gasteiger partial charge >= 0.3 is 0 Å². The van der Waals surface area contributed by atoms with Crippen molar-refractivity contribution in [3.63, 3.8) is 0 Å². The van der Waals surface area contributed by atoms with Crippen LogP contribution >= 0.6 is 15.9 Å². The van der Waals surface area contributed by atoms with Crippen molar-refractivity contribution in [2.24, 2.45) is 0 Å². The van der Waals surface area contributed by atoms with Crippen LogP contribution < -0.4 is 4.74 Å². The molecule has 16 heavy (non-hydrogen) atoms. The van der Waals surface area contributed by atoms with Gasteiger partial charge in [-0.2, -0.15) is 0 Å². The maximum absolute atomic E-state index is 13.4. The van der Waals surface area contributed by atoms with Crippen LogP contribution in [0.15, 0.2) is 41.0 Å². The Balaban J connectivity index is 2.30. The van der Waals surface area contributed by atoms with Crippen LogP contribution in [0.5, 0.6) is 11.6 Å². The Morgan fingerprint density at radius 3 is 2.81 bits per heavy atom. The number of hydrogen-bond donors (Lipinski definition) is 0. The van der Waals surface area contributed by atoms with Crippen LogP contribution in [0.25, 0.3) is 0 Å². The molecule has 0 aliphatic rings. The van der Waals surface area contributed by atoms with Gasteiger partial charge in [-0.1, -0.05) is 12.1 Å². The first-order valence-corrected chi connectivity index (χ1v) is 5.51. The zero-order valence-corrected chi connectivity index (χ0v) is 10.2. The second-order valence-corrected chi connectivity index (χ2v) is 4.15. The van der Waals surface area contributed by atoms with E-state index < -0.39 is 5.82 Å². The number of hydrogen-bond acceptors (Lipinski definition) is 2. The van der Waals surface area contributed by atoms with E-state index in [1.165, 1.54) is 6.07 Å². The lowest BCUT2D eigenvalue weighted by Gasteiger charge is -2.06. The molecule has 0 aliphatic carbocycles. The van der Waals surface area contributed by atoms with Crippen molar-refractivity contribution >= 4 is 15.9 Å². The minimum atomic E-state index is -0.396. The zero-order valence-electron chi connectivity index (χ0n) is 8.58. The largest absolute Gasteiger partial charge is 0.436 e. The first-order chi connectivity index (χ1) is 7.65. The predicted octanol–water partition coefficient (Wildman–Crippen LogP) is 4.08. The lowest BCUT2D eigenvalue weighted by molar-refractivity contribution is 0.426. The van der Waals surface area contributed by atoms with E-state index in [1.807, 2.05) is 6.92 Å². The summed E-state index contributed by atoms with van der Waals surface area (Å²) in [5, 5.41) is 0. The molecule has 0 atom stereocenters. The molecule has 0 amide bonds. The number of aryl methyl sites for hydroxylation is 1. The fraction of sp³-hybridized carbons (Fsp3) is 0.0833. The third-order valence-corrected chi connectivity index (χ3v) is 2.43. The number of nitrogens with zero attached hydrogens (tertiary/aromatic N) is 1. The molecule has 0 spiro atoms. The zero-order chi connectivity index (χ0) is 11.5. The Kier molecular flexibility index (Phi) is 3.19. The Morgan fingerprint density at radius 1 is 1.25 bits per heavy atom. The van der Waals surface area contributed by atoms with Gasteiger partial charge in [0.25, 0.3) is 0 Å². The van der Waals surface area contributed by atoms with Gasteiger partial charge in [0, 0.05) is 6.07 Å². The van der Waals surface area contributed by atoms with E-state index in [0.717, 1.165) is 5.56 Å². The monoisotopic (exact) mass is 281 g/mol. The van der Waals surface area contributed by atoms with E-state index in [-0.39, 0.29) is 5.75 Å². The molecule has 4 heteroatoms. The van der Waals surface area contributed by atoms with Gasteiger partial charge in [0.2, 0.25) is 5.88 Å². The smallest absolute Gasteiger partial charge is 0.220 e. The molecule has 0 radical (unpaired) electrons. The summed E-state index contributed by atoms with van der Waals surface area (Å²) in [5.41, 5.74) is 0.936. The lowest BCUT2D eigenvalue weighted by atomic mass is 10.2. The van der Waals surface area contributed by atoms with Crippen molar-refractivity contribution < 1.29 is 9.13 Å². The summed E-state index contributed by atoms with van der Waals surface area (Å²) in [6, 6.07) is 9.93. The number of ether oxygens (including phenoxy) is 1. The highest BCUT2D eigenvalue weighted by Gasteiger charge is 2.05. The maximum atomic E-state index is 13.4. The molecular weight excluding hydrogens is 273 g/mol. The molecule has 1 heterocycles. The minimum Gasteiger partial charge on any atom is -0.436 e. The minimum absolute atomic E-state index is 0.186. The van der Waals surface area contributed by atoms with Gasteiger partial charge < -0.3 is 4.74 Å². The third kappa shape index (κ3) is 2.58. The van der Waals surface area contributed by atoms with Crippen molar-refractivity contribution in [2.45, 2.75) is 6.92 Å². The topological polar surface area (TPSA) is 22.1 Å². The molecule has 0 aliphatic heterocycles. The number of benzene rings is 1. The van der Waals surface area contributed by atoms with E-state index >= 15 is 0 Å².